The number of nitrogens with one attached hydrogen (secondary N) is 1. The molecule has 0 saturated carbocycles. The van der Waals surface area contributed by atoms with Gasteiger partial charge in [0.1, 0.15) is 17.5 Å². The molecular formula is C32H36F6N6O2. The van der Waals surface area contributed by atoms with Crippen molar-refractivity contribution in [2.45, 2.75) is 75.4 Å². The number of amides is 1. The second-order valence-corrected chi connectivity index (χ2v) is 12.5. The molecular weight excluding hydrogens is 614 g/mol. The van der Waals surface area contributed by atoms with Crippen LogP contribution in [0.15, 0.2) is 36.7 Å². The number of anilines is 1. The van der Waals surface area contributed by atoms with Crippen LogP contribution in [0.2, 0.25) is 0 Å². The van der Waals surface area contributed by atoms with Gasteiger partial charge in [0.15, 0.2) is 5.82 Å². The molecule has 1 aromatic carbocycles. The van der Waals surface area contributed by atoms with Crippen molar-refractivity contribution in [2.24, 2.45) is 0 Å². The molecule has 5 heterocycles. The number of halogens is 6. The molecule has 2 aromatic heterocycles. The van der Waals surface area contributed by atoms with Crippen molar-refractivity contribution in [3.8, 4) is 5.88 Å². The number of carbonyl (C=O) groups is 1. The Labute approximate surface area is 262 Å². The normalized spacial score (nSPS) is 23.6. The molecule has 0 bridgehead atoms. The lowest BCUT2D eigenvalue weighted by Gasteiger charge is -2.40. The lowest BCUT2D eigenvalue weighted by Crippen LogP contribution is -2.52. The van der Waals surface area contributed by atoms with Gasteiger partial charge >= 0.3 is 0 Å². The number of benzene rings is 1. The smallest absolute Gasteiger partial charge is 0.257 e. The van der Waals surface area contributed by atoms with Crippen LogP contribution in [0, 0.1) is 11.6 Å². The van der Waals surface area contributed by atoms with Crippen LogP contribution in [0.5, 0.6) is 5.88 Å². The van der Waals surface area contributed by atoms with Crippen molar-refractivity contribution in [1.29, 1.82) is 0 Å². The quantitative estimate of drug-likeness (QED) is 0.312. The molecule has 248 valence electrons. The molecule has 46 heavy (non-hydrogen) atoms. The summed E-state index contributed by atoms with van der Waals surface area (Å²) in [5, 5.41) is 2.78. The van der Waals surface area contributed by atoms with Crippen LogP contribution < -0.4 is 10.1 Å². The van der Waals surface area contributed by atoms with Crippen molar-refractivity contribution in [3.05, 3.63) is 70.8 Å². The van der Waals surface area contributed by atoms with Crippen LogP contribution in [-0.4, -0.2) is 81.4 Å². The number of aryl methyl sites for hydroxylation is 1. The number of piperidine rings is 2. The van der Waals surface area contributed by atoms with Crippen LogP contribution in [0.25, 0.3) is 0 Å². The van der Waals surface area contributed by atoms with Crippen molar-refractivity contribution >= 4 is 11.7 Å². The minimum atomic E-state index is -3.07. The number of hydrogen-bond donors (Lipinski definition) is 1. The number of nitrogens with zero attached hydrogens (tertiary/aromatic N) is 5. The third-order valence-electron chi connectivity index (χ3n) is 9.42. The second-order valence-electron chi connectivity index (χ2n) is 12.5. The Hall–Kier alpha value is -3.65. The molecule has 3 aliphatic heterocycles. The summed E-state index contributed by atoms with van der Waals surface area (Å²) in [4.78, 5) is 25.6. The Bertz CT molecular complexity index is 1570. The number of fused-ring (bicyclic) bond motifs is 1. The number of imidazole rings is 1. The van der Waals surface area contributed by atoms with Gasteiger partial charge in [-0.1, -0.05) is 0 Å². The average molecular weight is 651 g/mol. The van der Waals surface area contributed by atoms with Crippen molar-refractivity contribution < 1.29 is 35.9 Å². The SMILES string of the molecule is COc1ncc(C2CN([C@@H](C)C(=O)Nc3cn4c(n3)CC[C@@H]4c3cc(F)cc(F)c3)CCC2(F)F)cc1CN1CCC(F)(F)CC1. The number of hydrogen-bond acceptors (Lipinski definition) is 6. The highest BCUT2D eigenvalue weighted by Gasteiger charge is 2.47. The minimum Gasteiger partial charge on any atom is -0.481 e. The summed E-state index contributed by atoms with van der Waals surface area (Å²) in [6.45, 7) is 2.10. The maximum Gasteiger partial charge on any atom is 0.257 e. The molecule has 1 unspecified atom stereocenters. The molecule has 0 aliphatic carbocycles. The van der Waals surface area contributed by atoms with Gasteiger partial charge in [0, 0.05) is 82.4 Å². The zero-order chi connectivity index (χ0) is 32.8. The van der Waals surface area contributed by atoms with Gasteiger partial charge in [-0.15, -0.1) is 0 Å². The van der Waals surface area contributed by atoms with Crippen LogP contribution in [0.1, 0.15) is 67.1 Å². The molecule has 6 rings (SSSR count). The third-order valence-corrected chi connectivity index (χ3v) is 9.42. The highest BCUT2D eigenvalue weighted by Crippen LogP contribution is 2.42. The standard InChI is InChI=1S/C32H36F6N6O2/c1-19(29(45)41-27-18-44-26(3-4-28(44)40-27)20-12-23(33)14-24(34)13-20)43-10-7-32(37,38)25(17-43)21-11-22(30(46-2)39-15-21)16-42-8-5-31(35,36)6-9-42/h11-15,18-19,25-26H,3-10,16-17H2,1-2H3,(H,41,45)/t19-,25?,26+/m0/s1. The first-order chi connectivity index (χ1) is 21.8. The average Bonchev–Trinajstić information content (AvgIpc) is 3.57. The van der Waals surface area contributed by atoms with Gasteiger partial charge in [-0.25, -0.2) is 36.3 Å². The summed E-state index contributed by atoms with van der Waals surface area (Å²) in [5.41, 5.74) is 1.29. The van der Waals surface area contributed by atoms with Crippen molar-refractivity contribution in [1.82, 2.24) is 24.3 Å². The summed E-state index contributed by atoms with van der Waals surface area (Å²) in [6.07, 6.45) is 3.13. The highest BCUT2D eigenvalue weighted by atomic mass is 19.3. The summed E-state index contributed by atoms with van der Waals surface area (Å²) >= 11 is 0. The molecule has 3 atom stereocenters. The molecule has 0 radical (unpaired) electrons. The molecule has 1 amide bonds. The summed E-state index contributed by atoms with van der Waals surface area (Å²) in [6, 6.07) is 3.87. The largest absolute Gasteiger partial charge is 0.481 e. The molecule has 2 saturated heterocycles. The van der Waals surface area contributed by atoms with E-state index in [0.29, 0.717) is 29.8 Å². The first kappa shape index (κ1) is 32.3. The number of rotatable bonds is 8. The lowest BCUT2D eigenvalue weighted by molar-refractivity contribution is -0.125. The highest BCUT2D eigenvalue weighted by molar-refractivity contribution is 5.93. The topological polar surface area (TPSA) is 75.5 Å². The van der Waals surface area contributed by atoms with Crippen LogP contribution >= 0.6 is 0 Å². The predicted octanol–water partition coefficient (Wildman–Crippen LogP) is 5.78. The molecule has 8 nitrogen and oxygen atoms in total. The van der Waals surface area contributed by atoms with Crippen LogP contribution in [-0.2, 0) is 17.8 Å². The Kier molecular flexibility index (Phi) is 8.79. The first-order valence-electron chi connectivity index (χ1n) is 15.4. The molecule has 0 spiro atoms. The van der Waals surface area contributed by atoms with E-state index in [4.69, 9.17) is 4.74 Å². The number of alkyl halides is 4. The molecule has 3 aliphatic rings. The number of aromatic nitrogens is 3. The fourth-order valence-electron chi connectivity index (χ4n) is 6.75. The molecule has 1 N–H and O–H groups in total. The number of pyridine rings is 1. The molecule has 3 aromatic rings. The number of likely N-dealkylation sites (tertiary alicyclic amines) is 2. The summed E-state index contributed by atoms with van der Waals surface area (Å²) in [5.74, 6) is -7.62. The zero-order valence-corrected chi connectivity index (χ0v) is 25.6. The van der Waals surface area contributed by atoms with Crippen molar-refractivity contribution in [2.75, 3.05) is 38.6 Å². The maximum absolute atomic E-state index is 15.4. The van der Waals surface area contributed by atoms with Gasteiger partial charge < -0.3 is 14.6 Å². The van der Waals surface area contributed by atoms with E-state index in [1.54, 1.807) is 28.7 Å². The molecule has 2 fully saturated rings. The Balaban J connectivity index is 1.14. The number of carbonyl (C=O) groups excluding carboxylic acids is 1. The van der Waals surface area contributed by atoms with E-state index < -0.39 is 47.8 Å². The van der Waals surface area contributed by atoms with E-state index in [1.165, 1.54) is 25.4 Å². The van der Waals surface area contributed by atoms with Crippen molar-refractivity contribution in [3.63, 3.8) is 0 Å². The van der Waals surface area contributed by atoms with Gasteiger partial charge in [-0.2, -0.15) is 0 Å². The van der Waals surface area contributed by atoms with E-state index in [2.05, 4.69) is 15.3 Å². The van der Waals surface area contributed by atoms with Crippen LogP contribution in [0.4, 0.5) is 32.2 Å². The molecule has 14 heteroatoms. The summed E-state index contributed by atoms with van der Waals surface area (Å²) in [7, 11) is 1.42. The van der Waals surface area contributed by atoms with E-state index >= 15 is 8.78 Å². The Morgan fingerprint density at radius 1 is 1.04 bits per heavy atom. The van der Waals surface area contributed by atoms with Gasteiger partial charge in [0.05, 0.1) is 25.1 Å². The second kappa shape index (κ2) is 12.5. The fraction of sp³-hybridized carbons (Fsp3) is 0.531. The minimum absolute atomic E-state index is 0.0105. The van der Waals surface area contributed by atoms with Gasteiger partial charge in [-0.3, -0.25) is 14.6 Å². The maximum atomic E-state index is 15.4. The number of methoxy groups -OCH3 is 1. The Morgan fingerprint density at radius 3 is 2.46 bits per heavy atom. The lowest BCUT2D eigenvalue weighted by atomic mass is 9.86. The van der Waals surface area contributed by atoms with Gasteiger partial charge in [0.2, 0.25) is 11.8 Å². The van der Waals surface area contributed by atoms with Crippen LogP contribution in [0.3, 0.4) is 0 Å². The van der Waals surface area contributed by atoms with E-state index in [0.717, 1.165) is 6.07 Å². The third kappa shape index (κ3) is 6.73. The first-order valence-corrected chi connectivity index (χ1v) is 15.4. The van der Waals surface area contributed by atoms with E-state index in [9.17, 15) is 22.4 Å². The van der Waals surface area contributed by atoms with E-state index in [-0.39, 0.29) is 68.9 Å². The predicted molar refractivity (Wildman–Crippen MR) is 157 cm³/mol. The number of ether oxygens (including phenoxy) is 1. The zero-order valence-electron chi connectivity index (χ0n) is 25.6. The monoisotopic (exact) mass is 650 g/mol. The Morgan fingerprint density at radius 2 is 1.76 bits per heavy atom. The summed E-state index contributed by atoms with van der Waals surface area (Å²) < 4.78 is 92.9. The van der Waals surface area contributed by atoms with E-state index in [1.807, 2.05) is 4.90 Å². The fourth-order valence-corrected chi connectivity index (χ4v) is 6.75. The van der Waals surface area contributed by atoms with Gasteiger partial charge in [0.25, 0.3) is 11.8 Å². The van der Waals surface area contributed by atoms with Gasteiger partial charge in [-0.05, 0) is 42.7 Å².